The molecule has 3 atom stereocenters. The summed E-state index contributed by atoms with van der Waals surface area (Å²) in [7, 11) is 0. The van der Waals surface area contributed by atoms with E-state index in [4.69, 9.17) is 0 Å². The normalized spacial score (nSPS) is 21.5. The van der Waals surface area contributed by atoms with Gasteiger partial charge in [0.15, 0.2) is 0 Å². The minimum atomic E-state index is -0.539. The number of rotatable bonds is 3. The molecule has 4 nitrogen and oxygen atoms in total. The first-order valence-corrected chi connectivity index (χ1v) is 7.83. The Hall–Kier alpha value is -1.94. The highest BCUT2D eigenvalue weighted by Gasteiger charge is 2.29. The third-order valence-electron chi connectivity index (χ3n) is 4.50. The molecule has 0 bridgehead atoms. The Morgan fingerprint density at radius 2 is 2.09 bits per heavy atom. The van der Waals surface area contributed by atoms with Crippen LogP contribution in [-0.4, -0.2) is 15.1 Å². The molecule has 1 aliphatic carbocycles. The van der Waals surface area contributed by atoms with Crippen molar-refractivity contribution >= 4 is 5.95 Å². The first-order chi connectivity index (χ1) is 10.5. The van der Waals surface area contributed by atoms with Gasteiger partial charge in [0.05, 0.1) is 12.1 Å². The van der Waals surface area contributed by atoms with Gasteiger partial charge >= 0.3 is 0 Å². The van der Waals surface area contributed by atoms with Crippen LogP contribution in [0.2, 0.25) is 0 Å². The summed E-state index contributed by atoms with van der Waals surface area (Å²) >= 11 is 0. The van der Waals surface area contributed by atoms with Gasteiger partial charge in [-0.1, -0.05) is 30.7 Å². The van der Waals surface area contributed by atoms with Gasteiger partial charge in [-0.3, -0.25) is 0 Å². The van der Waals surface area contributed by atoms with Crippen molar-refractivity contribution in [2.75, 3.05) is 5.32 Å². The van der Waals surface area contributed by atoms with Crippen LogP contribution >= 0.6 is 0 Å². The number of nitrogens with one attached hydrogen (secondary N) is 1. The van der Waals surface area contributed by atoms with E-state index in [1.54, 1.807) is 13.1 Å². The Morgan fingerprint density at radius 1 is 1.32 bits per heavy atom. The van der Waals surface area contributed by atoms with E-state index in [0.717, 1.165) is 17.7 Å². The molecule has 2 aromatic rings. The molecule has 0 amide bonds. The molecule has 2 N–H and O–H groups in total. The van der Waals surface area contributed by atoms with Crippen molar-refractivity contribution < 1.29 is 5.11 Å². The number of aryl methyl sites for hydroxylation is 2. The van der Waals surface area contributed by atoms with Crippen LogP contribution in [0.3, 0.4) is 0 Å². The van der Waals surface area contributed by atoms with E-state index < -0.39 is 6.10 Å². The highest BCUT2D eigenvalue weighted by Crippen LogP contribution is 2.38. The van der Waals surface area contributed by atoms with Crippen LogP contribution in [0.5, 0.6) is 0 Å². The molecule has 1 aliphatic rings. The summed E-state index contributed by atoms with van der Waals surface area (Å²) in [5.74, 6) is 1.14. The monoisotopic (exact) mass is 297 g/mol. The van der Waals surface area contributed by atoms with E-state index in [0.29, 0.717) is 11.9 Å². The molecule has 1 heterocycles. The molecule has 22 heavy (non-hydrogen) atoms. The Labute approximate surface area is 131 Å². The van der Waals surface area contributed by atoms with Crippen molar-refractivity contribution in [3.05, 3.63) is 52.3 Å². The van der Waals surface area contributed by atoms with Crippen LogP contribution in [-0.2, 0) is 6.42 Å². The lowest BCUT2D eigenvalue weighted by Crippen LogP contribution is -2.17. The third-order valence-corrected chi connectivity index (χ3v) is 4.50. The molecular weight excluding hydrogens is 274 g/mol. The van der Waals surface area contributed by atoms with Crippen LogP contribution in [0.4, 0.5) is 5.95 Å². The summed E-state index contributed by atoms with van der Waals surface area (Å²) in [6.07, 6.45) is 2.26. The number of aliphatic hydroxyl groups is 1. The zero-order chi connectivity index (χ0) is 15.9. The summed E-state index contributed by atoms with van der Waals surface area (Å²) in [5, 5.41) is 13.2. The van der Waals surface area contributed by atoms with Gasteiger partial charge in [0.1, 0.15) is 0 Å². The van der Waals surface area contributed by atoms with Gasteiger partial charge < -0.3 is 10.4 Å². The maximum absolute atomic E-state index is 9.68. The fourth-order valence-electron chi connectivity index (χ4n) is 3.28. The fraction of sp³-hybridized carbons (Fsp3) is 0.444. The second-order valence-electron chi connectivity index (χ2n) is 6.42. The van der Waals surface area contributed by atoms with Crippen LogP contribution in [0, 0.1) is 19.8 Å². The molecule has 0 spiro atoms. The SMILES string of the molecule is Cc1ccc2c(c1)[C@H](Nc1ncc(C(C)O)c(C)n1)[C@@H](C)C2. The molecule has 116 valence electrons. The van der Waals surface area contributed by atoms with Crippen LogP contribution in [0.1, 0.15) is 53.9 Å². The Kier molecular flexibility index (Phi) is 3.87. The summed E-state index contributed by atoms with van der Waals surface area (Å²) in [4.78, 5) is 8.88. The van der Waals surface area contributed by atoms with Gasteiger partial charge in [0, 0.05) is 17.5 Å². The standard InChI is InChI=1S/C18H23N3O/c1-10-5-6-14-8-11(2)17(15(14)7-10)21-18-19-9-16(13(4)22)12(3)20-18/h5-7,9,11,13,17,22H,8H2,1-4H3,(H,19,20,21)/t11-,13?,17+/m0/s1. The minimum Gasteiger partial charge on any atom is -0.389 e. The molecule has 0 aliphatic heterocycles. The lowest BCUT2D eigenvalue weighted by atomic mass is 10.0. The molecule has 1 aromatic heterocycles. The van der Waals surface area contributed by atoms with Crippen molar-refractivity contribution in [1.29, 1.82) is 0 Å². The van der Waals surface area contributed by atoms with Gasteiger partial charge in [0.25, 0.3) is 0 Å². The van der Waals surface area contributed by atoms with Gasteiger partial charge in [0.2, 0.25) is 5.95 Å². The quantitative estimate of drug-likeness (QED) is 0.910. The van der Waals surface area contributed by atoms with Crippen LogP contribution < -0.4 is 5.32 Å². The van der Waals surface area contributed by atoms with Gasteiger partial charge in [-0.25, -0.2) is 9.97 Å². The maximum Gasteiger partial charge on any atom is 0.223 e. The maximum atomic E-state index is 9.68. The molecule has 0 saturated heterocycles. The predicted molar refractivity (Wildman–Crippen MR) is 87.8 cm³/mol. The van der Waals surface area contributed by atoms with E-state index in [1.165, 1.54) is 16.7 Å². The molecule has 4 heteroatoms. The second kappa shape index (κ2) is 5.69. The Bertz CT molecular complexity index is 697. The average molecular weight is 297 g/mol. The van der Waals surface area contributed by atoms with Gasteiger partial charge in [-0.05, 0) is 44.2 Å². The van der Waals surface area contributed by atoms with E-state index in [9.17, 15) is 5.11 Å². The highest BCUT2D eigenvalue weighted by molar-refractivity contribution is 5.44. The van der Waals surface area contributed by atoms with Crippen molar-refractivity contribution in [3.63, 3.8) is 0 Å². The summed E-state index contributed by atoms with van der Waals surface area (Å²) in [6, 6.07) is 6.90. The molecule has 0 fully saturated rings. The zero-order valence-corrected chi connectivity index (χ0v) is 13.6. The van der Waals surface area contributed by atoms with E-state index in [2.05, 4.69) is 47.3 Å². The number of hydrogen-bond donors (Lipinski definition) is 2. The first-order valence-electron chi connectivity index (χ1n) is 7.83. The number of nitrogens with zero attached hydrogens (tertiary/aromatic N) is 2. The third kappa shape index (κ3) is 2.71. The molecule has 1 aromatic carbocycles. The van der Waals surface area contributed by atoms with Crippen LogP contribution in [0.15, 0.2) is 24.4 Å². The summed E-state index contributed by atoms with van der Waals surface area (Å²) in [5.41, 5.74) is 5.64. The van der Waals surface area contributed by atoms with Crippen LogP contribution in [0.25, 0.3) is 0 Å². The second-order valence-corrected chi connectivity index (χ2v) is 6.42. The largest absolute Gasteiger partial charge is 0.389 e. The molecular formula is C18H23N3O. The molecule has 0 radical (unpaired) electrons. The van der Waals surface area contributed by atoms with Crippen molar-refractivity contribution in [1.82, 2.24) is 9.97 Å². The highest BCUT2D eigenvalue weighted by atomic mass is 16.3. The fourth-order valence-corrected chi connectivity index (χ4v) is 3.28. The number of aromatic nitrogens is 2. The van der Waals surface area contributed by atoms with E-state index >= 15 is 0 Å². The molecule has 0 saturated carbocycles. The Balaban J connectivity index is 1.88. The number of aliphatic hydroxyl groups excluding tert-OH is 1. The van der Waals surface area contributed by atoms with Gasteiger partial charge in [-0.15, -0.1) is 0 Å². The summed E-state index contributed by atoms with van der Waals surface area (Å²) < 4.78 is 0. The number of hydrogen-bond acceptors (Lipinski definition) is 4. The average Bonchev–Trinajstić information content (AvgIpc) is 2.75. The lowest BCUT2D eigenvalue weighted by Gasteiger charge is -2.20. The Morgan fingerprint density at radius 3 is 2.77 bits per heavy atom. The predicted octanol–water partition coefficient (Wildman–Crippen LogP) is 3.49. The molecule has 3 rings (SSSR count). The lowest BCUT2D eigenvalue weighted by molar-refractivity contribution is 0.197. The van der Waals surface area contributed by atoms with Crippen molar-refractivity contribution in [3.8, 4) is 0 Å². The molecule has 1 unspecified atom stereocenters. The summed E-state index contributed by atoms with van der Waals surface area (Å²) in [6.45, 7) is 8.02. The minimum absolute atomic E-state index is 0.242. The smallest absolute Gasteiger partial charge is 0.223 e. The van der Waals surface area contributed by atoms with Crippen molar-refractivity contribution in [2.24, 2.45) is 5.92 Å². The van der Waals surface area contributed by atoms with Gasteiger partial charge in [-0.2, -0.15) is 0 Å². The first kappa shape index (κ1) is 15.0. The topological polar surface area (TPSA) is 58.0 Å². The number of fused-ring (bicyclic) bond motifs is 1. The van der Waals surface area contributed by atoms with E-state index in [1.807, 2.05) is 6.92 Å². The number of benzene rings is 1. The van der Waals surface area contributed by atoms with E-state index in [-0.39, 0.29) is 6.04 Å². The zero-order valence-electron chi connectivity index (χ0n) is 13.6. The number of anilines is 1. The van der Waals surface area contributed by atoms with Crippen molar-refractivity contribution in [2.45, 2.75) is 46.3 Å².